The molecule has 0 spiro atoms. The van der Waals surface area contributed by atoms with Crippen molar-refractivity contribution in [3.8, 4) is 0 Å². The van der Waals surface area contributed by atoms with Gasteiger partial charge in [0.2, 0.25) is 0 Å². The quantitative estimate of drug-likeness (QED) is 0.572. The number of sulfone groups is 1. The molecule has 0 aromatic carbocycles. The molecule has 0 bridgehead atoms. The van der Waals surface area contributed by atoms with Crippen molar-refractivity contribution in [3.05, 3.63) is 0 Å². The summed E-state index contributed by atoms with van der Waals surface area (Å²) in [6, 6.07) is 0. The molecule has 0 unspecified atom stereocenters. The van der Waals surface area contributed by atoms with Crippen molar-refractivity contribution in [2.45, 2.75) is 0 Å². The van der Waals surface area contributed by atoms with Gasteiger partial charge >= 0.3 is 0 Å². The van der Waals surface area contributed by atoms with Crippen molar-refractivity contribution in [1.82, 2.24) is 9.91 Å². The molecule has 13 heavy (non-hydrogen) atoms. The molecule has 1 rings (SSSR count). The summed E-state index contributed by atoms with van der Waals surface area (Å²) >= 11 is 0. The van der Waals surface area contributed by atoms with E-state index in [0.717, 1.165) is 26.2 Å². The molecule has 0 aliphatic carbocycles. The fourth-order valence-corrected chi connectivity index (χ4v) is 1.87. The number of hydrogen-bond donors (Lipinski definition) is 1. The minimum absolute atomic E-state index is 0.248. The van der Waals surface area contributed by atoms with Gasteiger partial charge in [0.1, 0.15) is 9.84 Å². The second kappa shape index (κ2) is 4.36. The minimum atomic E-state index is -2.82. The first-order valence-corrected chi connectivity index (χ1v) is 6.43. The van der Waals surface area contributed by atoms with E-state index in [2.05, 4.69) is 4.90 Å². The van der Waals surface area contributed by atoms with Crippen LogP contribution in [0.1, 0.15) is 0 Å². The van der Waals surface area contributed by atoms with Crippen LogP contribution in [0.25, 0.3) is 0 Å². The van der Waals surface area contributed by atoms with Crippen LogP contribution < -0.4 is 5.84 Å². The van der Waals surface area contributed by atoms with Crippen molar-refractivity contribution < 1.29 is 8.42 Å². The van der Waals surface area contributed by atoms with E-state index in [1.165, 1.54) is 6.26 Å². The van der Waals surface area contributed by atoms with Crippen LogP contribution in [-0.2, 0) is 9.84 Å². The molecule has 2 N–H and O–H groups in total. The first-order chi connectivity index (χ1) is 5.97. The molecular formula is C7H17N3O2S. The molecule has 0 radical (unpaired) electrons. The highest BCUT2D eigenvalue weighted by Crippen LogP contribution is 1.97. The molecule has 78 valence electrons. The number of hydrogen-bond acceptors (Lipinski definition) is 5. The fourth-order valence-electron chi connectivity index (χ4n) is 1.28. The van der Waals surface area contributed by atoms with Gasteiger partial charge in [0.25, 0.3) is 0 Å². The topological polar surface area (TPSA) is 66.6 Å². The Labute approximate surface area is 79.4 Å². The molecule has 0 atom stereocenters. The Morgan fingerprint density at radius 1 is 1.23 bits per heavy atom. The Morgan fingerprint density at radius 2 is 1.77 bits per heavy atom. The van der Waals surface area contributed by atoms with Gasteiger partial charge in [-0.05, 0) is 0 Å². The van der Waals surface area contributed by atoms with E-state index < -0.39 is 9.84 Å². The van der Waals surface area contributed by atoms with Gasteiger partial charge in [-0.2, -0.15) is 0 Å². The summed E-state index contributed by atoms with van der Waals surface area (Å²) in [6.45, 7) is 4.01. The number of hydrazine groups is 1. The summed E-state index contributed by atoms with van der Waals surface area (Å²) in [5.74, 6) is 5.81. The lowest BCUT2D eigenvalue weighted by molar-refractivity contribution is 0.139. The third-order valence-electron chi connectivity index (χ3n) is 2.19. The maximum atomic E-state index is 10.9. The zero-order valence-electron chi connectivity index (χ0n) is 7.94. The van der Waals surface area contributed by atoms with Crippen LogP contribution in [0.4, 0.5) is 0 Å². The number of rotatable bonds is 3. The summed E-state index contributed by atoms with van der Waals surface area (Å²) in [5, 5.41) is 1.76. The summed E-state index contributed by atoms with van der Waals surface area (Å²) in [6.07, 6.45) is 1.27. The van der Waals surface area contributed by atoms with Gasteiger partial charge in [0.15, 0.2) is 0 Å². The standard InChI is InChI=1S/C7H17N3O2S/c1-13(11,12)7-6-9-2-4-10(8)5-3-9/h2-8H2,1H3. The minimum Gasteiger partial charge on any atom is -0.300 e. The van der Waals surface area contributed by atoms with Gasteiger partial charge in [-0.3, -0.25) is 10.7 Å². The molecule has 1 heterocycles. The average Bonchev–Trinajstić information content (AvgIpc) is 2.02. The van der Waals surface area contributed by atoms with Crippen molar-refractivity contribution in [2.24, 2.45) is 5.84 Å². The van der Waals surface area contributed by atoms with Crippen LogP contribution in [0.2, 0.25) is 0 Å². The SMILES string of the molecule is CS(=O)(=O)CCN1CCN(N)CC1. The van der Waals surface area contributed by atoms with Crippen LogP contribution in [0, 0.1) is 0 Å². The van der Waals surface area contributed by atoms with Crippen molar-refractivity contribution >= 4 is 9.84 Å². The van der Waals surface area contributed by atoms with E-state index in [9.17, 15) is 8.42 Å². The van der Waals surface area contributed by atoms with Crippen molar-refractivity contribution in [2.75, 3.05) is 44.7 Å². The highest BCUT2D eigenvalue weighted by Gasteiger charge is 2.15. The fraction of sp³-hybridized carbons (Fsp3) is 1.00. The number of nitrogens with two attached hydrogens (primary N) is 1. The van der Waals surface area contributed by atoms with Crippen molar-refractivity contribution in [1.29, 1.82) is 0 Å². The Morgan fingerprint density at radius 3 is 2.23 bits per heavy atom. The molecule has 1 aliphatic heterocycles. The first-order valence-electron chi connectivity index (χ1n) is 4.37. The van der Waals surface area contributed by atoms with E-state index in [1.54, 1.807) is 5.01 Å². The lowest BCUT2D eigenvalue weighted by Gasteiger charge is -2.31. The predicted octanol–water partition coefficient (Wildman–Crippen LogP) is -1.48. The zero-order valence-corrected chi connectivity index (χ0v) is 8.76. The van der Waals surface area contributed by atoms with Crippen LogP contribution in [0.15, 0.2) is 0 Å². The van der Waals surface area contributed by atoms with Gasteiger partial charge in [-0.1, -0.05) is 0 Å². The van der Waals surface area contributed by atoms with Crippen LogP contribution >= 0.6 is 0 Å². The Hall–Kier alpha value is -0.170. The largest absolute Gasteiger partial charge is 0.300 e. The smallest absolute Gasteiger partial charge is 0.148 e. The third kappa shape index (κ3) is 4.56. The molecule has 1 fully saturated rings. The lowest BCUT2D eigenvalue weighted by atomic mass is 10.3. The molecule has 0 aromatic heterocycles. The van der Waals surface area contributed by atoms with Gasteiger partial charge in [-0.25, -0.2) is 13.4 Å². The molecule has 0 aromatic rings. The van der Waals surface area contributed by atoms with Crippen LogP contribution in [-0.4, -0.2) is 63.1 Å². The van der Waals surface area contributed by atoms with Crippen molar-refractivity contribution in [3.63, 3.8) is 0 Å². The third-order valence-corrected chi connectivity index (χ3v) is 3.11. The second-order valence-electron chi connectivity index (χ2n) is 3.51. The van der Waals surface area contributed by atoms with E-state index >= 15 is 0 Å². The number of piperazine rings is 1. The first kappa shape index (κ1) is 10.9. The molecule has 0 saturated carbocycles. The highest BCUT2D eigenvalue weighted by atomic mass is 32.2. The molecule has 5 nitrogen and oxygen atoms in total. The maximum absolute atomic E-state index is 10.9. The highest BCUT2D eigenvalue weighted by molar-refractivity contribution is 7.90. The van der Waals surface area contributed by atoms with E-state index in [4.69, 9.17) is 5.84 Å². The zero-order chi connectivity index (χ0) is 9.90. The molecule has 0 amide bonds. The predicted molar refractivity (Wildman–Crippen MR) is 51.9 cm³/mol. The average molecular weight is 207 g/mol. The molecule has 1 saturated heterocycles. The van der Waals surface area contributed by atoms with Crippen LogP contribution in [0.3, 0.4) is 0 Å². The summed E-state index contributed by atoms with van der Waals surface area (Å²) in [5.41, 5.74) is 0. The van der Waals surface area contributed by atoms with E-state index in [-0.39, 0.29) is 5.75 Å². The summed E-state index contributed by atoms with van der Waals surface area (Å²) in [7, 11) is -2.82. The van der Waals surface area contributed by atoms with Crippen LogP contribution in [0.5, 0.6) is 0 Å². The second-order valence-corrected chi connectivity index (χ2v) is 5.77. The Bertz CT molecular complexity index is 244. The molecule has 1 aliphatic rings. The van der Waals surface area contributed by atoms with Gasteiger partial charge < -0.3 is 0 Å². The summed E-state index contributed by atoms with van der Waals surface area (Å²) < 4.78 is 21.8. The molecular weight excluding hydrogens is 190 g/mol. The van der Waals surface area contributed by atoms with E-state index in [0.29, 0.717) is 6.54 Å². The van der Waals surface area contributed by atoms with E-state index in [1.807, 2.05) is 0 Å². The monoisotopic (exact) mass is 207 g/mol. The van der Waals surface area contributed by atoms with Gasteiger partial charge in [-0.15, -0.1) is 0 Å². The number of nitrogens with zero attached hydrogens (tertiary/aromatic N) is 2. The molecule has 6 heteroatoms. The normalized spacial score (nSPS) is 22.0. The maximum Gasteiger partial charge on any atom is 0.148 e. The Kier molecular flexibility index (Phi) is 3.66. The lowest BCUT2D eigenvalue weighted by Crippen LogP contribution is -2.50. The summed E-state index contributed by atoms with van der Waals surface area (Å²) in [4.78, 5) is 2.13. The van der Waals surface area contributed by atoms with Gasteiger partial charge in [0.05, 0.1) is 5.75 Å². The van der Waals surface area contributed by atoms with Gasteiger partial charge in [0, 0.05) is 39.0 Å². The Balaban J connectivity index is 2.24.